The number of carbonyl (C=O) groups is 2. The van der Waals surface area contributed by atoms with Crippen LogP contribution in [0.25, 0.3) is 0 Å². The van der Waals surface area contributed by atoms with Crippen molar-refractivity contribution >= 4 is 12.1 Å². The number of nitrogens with one attached hydrogen (secondary N) is 1. The molecule has 1 amide bonds. The number of hydrogen-bond donors (Lipinski definition) is 1. The number of carbonyl (C=O) groups excluding carboxylic acids is 2. The highest BCUT2D eigenvalue weighted by Gasteiger charge is 2.49. The van der Waals surface area contributed by atoms with Gasteiger partial charge in [0.05, 0.1) is 12.5 Å². The smallest absolute Gasteiger partial charge is 0.410 e. The lowest BCUT2D eigenvalue weighted by molar-refractivity contribution is -0.151. The number of hydrogen-bond acceptors (Lipinski definition) is 5. The minimum absolute atomic E-state index is 0.0168. The van der Waals surface area contributed by atoms with Crippen molar-refractivity contribution in [2.45, 2.75) is 83.9 Å². The third-order valence-corrected chi connectivity index (χ3v) is 5.20. The molecular weight excluding hydrogens is 320 g/mol. The topological polar surface area (TPSA) is 67.9 Å². The van der Waals surface area contributed by atoms with E-state index in [1.807, 2.05) is 32.6 Å². The number of rotatable bonds is 8. The summed E-state index contributed by atoms with van der Waals surface area (Å²) in [5.41, 5.74) is -0.496. The maximum absolute atomic E-state index is 12.6. The summed E-state index contributed by atoms with van der Waals surface area (Å²) in [4.78, 5) is 26.1. The lowest BCUT2D eigenvalue weighted by Crippen LogP contribution is -2.51. The summed E-state index contributed by atoms with van der Waals surface area (Å²) >= 11 is 0. The number of amides is 1. The van der Waals surface area contributed by atoms with E-state index in [1.54, 1.807) is 0 Å². The Hall–Kier alpha value is -1.30. The second kappa shape index (κ2) is 7.94. The third-order valence-electron chi connectivity index (χ3n) is 5.20. The molecule has 0 aromatic carbocycles. The summed E-state index contributed by atoms with van der Waals surface area (Å²) in [6, 6.07) is 0.340. The van der Waals surface area contributed by atoms with Crippen LogP contribution in [0.2, 0.25) is 0 Å². The van der Waals surface area contributed by atoms with Crippen LogP contribution in [-0.4, -0.2) is 53.8 Å². The molecule has 0 heterocycles. The highest BCUT2D eigenvalue weighted by Crippen LogP contribution is 2.45. The van der Waals surface area contributed by atoms with Gasteiger partial charge in [-0.15, -0.1) is 0 Å². The fourth-order valence-electron chi connectivity index (χ4n) is 3.42. The maximum Gasteiger partial charge on any atom is 0.410 e. The van der Waals surface area contributed by atoms with E-state index in [9.17, 15) is 9.59 Å². The Labute approximate surface area is 151 Å². The number of esters is 1. The molecule has 6 heteroatoms. The van der Waals surface area contributed by atoms with E-state index in [-0.39, 0.29) is 23.5 Å². The molecule has 0 bridgehead atoms. The van der Waals surface area contributed by atoms with Crippen molar-refractivity contribution in [2.75, 3.05) is 19.7 Å². The van der Waals surface area contributed by atoms with Gasteiger partial charge in [0, 0.05) is 24.7 Å². The molecule has 1 N–H and O–H groups in total. The average molecular weight is 354 g/mol. The molecular formula is C19H34N2O4. The summed E-state index contributed by atoms with van der Waals surface area (Å²) in [6.07, 6.45) is 4.50. The van der Waals surface area contributed by atoms with Gasteiger partial charge in [-0.05, 0) is 59.8 Å². The number of nitrogens with zero attached hydrogens (tertiary/aromatic N) is 1. The van der Waals surface area contributed by atoms with Crippen LogP contribution in [0.5, 0.6) is 0 Å². The zero-order chi connectivity index (χ0) is 18.7. The molecule has 0 aromatic rings. The van der Waals surface area contributed by atoms with Crippen LogP contribution >= 0.6 is 0 Å². The zero-order valence-electron chi connectivity index (χ0n) is 16.4. The quantitative estimate of drug-likeness (QED) is 0.679. The average Bonchev–Trinajstić information content (AvgIpc) is 3.24. The second-order valence-electron chi connectivity index (χ2n) is 8.28. The van der Waals surface area contributed by atoms with Crippen LogP contribution in [0.1, 0.15) is 66.7 Å². The lowest BCUT2D eigenvalue weighted by atomic mass is 9.80. The summed E-state index contributed by atoms with van der Waals surface area (Å²) < 4.78 is 10.6. The fourth-order valence-corrected chi connectivity index (χ4v) is 3.42. The largest absolute Gasteiger partial charge is 0.466 e. The van der Waals surface area contributed by atoms with Crippen LogP contribution < -0.4 is 5.32 Å². The van der Waals surface area contributed by atoms with E-state index < -0.39 is 5.60 Å². The Morgan fingerprint density at radius 2 is 1.84 bits per heavy atom. The maximum atomic E-state index is 12.6. The molecule has 0 saturated heterocycles. The molecule has 0 spiro atoms. The van der Waals surface area contributed by atoms with E-state index in [0.29, 0.717) is 19.2 Å². The Morgan fingerprint density at radius 1 is 1.20 bits per heavy atom. The minimum atomic E-state index is -0.479. The van der Waals surface area contributed by atoms with Gasteiger partial charge in [0.25, 0.3) is 0 Å². The Balaban J connectivity index is 1.78. The van der Waals surface area contributed by atoms with Crippen LogP contribution in [0.4, 0.5) is 4.79 Å². The Kier molecular flexibility index (Phi) is 6.35. The van der Waals surface area contributed by atoms with Crippen LogP contribution in [0.3, 0.4) is 0 Å². The van der Waals surface area contributed by atoms with Crippen molar-refractivity contribution in [1.82, 2.24) is 10.2 Å². The van der Waals surface area contributed by atoms with Gasteiger partial charge in [0.1, 0.15) is 5.60 Å². The van der Waals surface area contributed by atoms with Crippen molar-refractivity contribution in [3.63, 3.8) is 0 Å². The minimum Gasteiger partial charge on any atom is -0.466 e. The first kappa shape index (κ1) is 20.0. The van der Waals surface area contributed by atoms with E-state index in [2.05, 4.69) is 12.2 Å². The van der Waals surface area contributed by atoms with Crippen molar-refractivity contribution in [1.29, 1.82) is 0 Å². The summed E-state index contributed by atoms with van der Waals surface area (Å²) in [7, 11) is 0. The molecule has 0 aromatic heterocycles. The first-order valence-electron chi connectivity index (χ1n) is 9.61. The fraction of sp³-hybridized carbons (Fsp3) is 0.895. The lowest BCUT2D eigenvalue weighted by Gasteiger charge is -2.36. The van der Waals surface area contributed by atoms with E-state index >= 15 is 0 Å². The van der Waals surface area contributed by atoms with Gasteiger partial charge in [-0.2, -0.15) is 0 Å². The summed E-state index contributed by atoms with van der Waals surface area (Å²) in [5, 5.41) is 3.46. The highest BCUT2D eigenvalue weighted by molar-refractivity contribution is 5.73. The number of ether oxygens (including phenoxy) is 2. The molecule has 0 radical (unpaired) electrons. The van der Waals surface area contributed by atoms with Gasteiger partial charge in [-0.1, -0.05) is 6.92 Å². The third kappa shape index (κ3) is 5.33. The molecule has 2 aliphatic carbocycles. The SMILES string of the molecule is CCOC(=O)C1CC(NCCN(C(=O)OC(C)(C)C)C2(CC)CC2)C1. The molecule has 0 atom stereocenters. The van der Waals surface area contributed by atoms with E-state index in [0.717, 1.165) is 38.6 Å². The molecule has 2 fully saturated rings. The van der Waals surface area contributed by atoms with Gasteiger partial charge in [-0.25, -0.2) is 4.79 Å². The molecule has 2 aliphatic rings. The normalized spacial score (nSPS) is 24.2. The monoisotopic (exact) mass is 354 g/mol. The molecule has 25 heavy (non-hydrogen) atoms. The van der Waals surface area contributed by atoms with Crippen molar-refractivity contribution in [3.05, 3.63) is 0 Å². The Bertz CT molecular complexity index is 476. The van der Waals surface area contributed by atoms with Crippen molar-refractivity contribution in [3.8, 4) is 0 Å². The summed E-state index contributed by atoms with van der Waals surface area (Å²) in [6.45, 7) is 11.5. The summed E-state index contributed by atoms with van der Waals surface area (Å²) in [5.74, 6) is -0.0522. The first-order valence-corrected chi connectivity index (χ1v) is 9.61. The Morgan fingerprint density at radius 3 is 2.32 bits per heavy atom. The van der Waals surface area contributed by atoms with E-state index in [4.69, 9.17) is 9.47 Å². The van der Waals surface area contributed by atoms with Gasteiger partial charge < -0.3 is 19.7 Å². The first-order chi connectivity index (χ1) is 11.7. The second-order valence-corrected chi connectivity index (χ2v) is 8.28. The predicted octanol–water partition coefficient (Wildman–Crippen LogP) is 3.10. The van der Waals surface area contributed by atoms with Crippen LogP contribution in [0, 0.1) is 5.92 Å². The van der Waals surface area contributed by atoms with Crippen LogP contribution in [0.15, 0.2) is 0 Å². The molecule has 2 rings (SSSR count). The molecule has 6 nitrogen and oxygen atoms in total. The van der Waals surface area contributed by atoms with Gasteiger partial charge in [0.15, 0.2) is 0 Å². The van der Waals surface area contributed by atoms with Gasteiger partial charge in [-0.3, -0.25) is 4.79 Å². The predicted molar refractivity (Wildman–Crippen MR) is 96.3 cm³/mol. The van der Waals surface area contributed by atoms with Crippen LogP contribution in [-0.2, 0) is 14.3 Å². The van der Waals surface area contributed by atoms with E-state index in [1.165, 1.54) is 0 Å². The standard InChI is InChI=1S/C19H34N2O4/c1-6-19(8-9-19)21(17(23)25-18(3,4)5)11-10-20-15-12-14(13-15)16(22)24-7-2/h14-15,20H,6-13H2,1-5H3. The van der Waals surface area contributed by atoms with Gasteiger partial charge >= 0.3 is 12.1 Å². The zero-order valence-corrected chi connectivity index (χ0v) is 16.4. The highest BCUT2D eigenvalue weighted by atomic mass is 16.6. The molecule has 0 unspecified atom stereocenters. The van der Waals surface area contributed by atoms with Crippen molar-refractivity contribution < 1.29 is 19.1 Å². The van der Waals surface area contributed by atoms with Gasteiger partial charge in [0.2, 0.25) is 0 Å². The van der Waals surface area contributed by atoms with Crippen molar-refractivity contribution in [2.24, 2.45) is 5.92 Å². The molecule has 2 saturated carbocycles. The molecule has 0 aliphatic heterocycles. The molecule has 144 valence electrons.